The molecule has 0 aromatic rings. The molecule has 0 bridgehead atoms. The van der Waals surface area contributed by atoms with E-state index in [1.54, 1.807) is 0 Å². The molecule has 15 heavy (non-hydrogen) atoms. The molecule has 0 heterocycles. The lowest BCUT2D eigenvalue weighted by Crippen LogP contribution is -2.42. The highest BCUT2D eigenvalue weighted by Gasteiger charge is 2.29. The quantitative estimate of drug-likeness (QED) is 0.663. The molecular formula is C10H17NO4. The van der Waals surface area contributed by atoms with Crippen LogP contribution in [0.15, 0.2) is 0 Å². The summed E-state index contributed by atoms with van der Waals surface area (Å²) < 4.78 is 9.20. The smallest absolute Gasteiger partial charge is 0.410 e. The van der Waals surface area contributed by atoms with Crippen LogP contribution in [0, 0.1) is 0 Å². The zero-order valence-electron chi connectivity index (χ0n) is 9.19. The summed E-state index contributed by atoms with van der Waals surface area (Å²) in [6, 6.07) is 0.122. The number of methoxy groups -OCH3 is 2. The van der Waals surface area contributed by atoms with Crippen molar-refractivity contribution < 1.29 is 19.1 Å². The van der Waals surface area contributed by atoms with Gasteiger partial charge in [0.15, 0.2) is 0 Å². The molecule has 5 nitrogen and oxygen atoms in total. The maximum Gasteiger partial charge on any atom is 0.410 e. The Balaban J connectivity index is 2.59. The van der Waals surface area contributed by atoms with Crippen LogP contribution < -0.4 is 0 Å². The van der Waals surface area contributed by atoms with Crippen molar-refractivity contribution in [3.8, 4) is 0 Å². The lowest BCUT2D eigenvalue weighted by Gasteiger charge is -2.26. The zero-order chi connectivity index (χ0) is 11.3. The number of amides is 1. The van der Waals surface area contributed by atoms with Gasteiger partial charge in [0.25, 0.3) is 0 Å². The molecule has 0 aromatic heterocycles. The molecule has 0 aromatic carbocycles. The fourth-order valence-electron chi connectivity index (χ4n) is 1.88. The van der Waals surface area contributed by atoms with Crippen LogP contribution in [0.3, 0.4) is 0 Å². The van der Waals surface area contributed by atoms with Gasteiger partial charge in [-0.3, -0.25) is 9.69 Å². The van der Waals surface area contributed by atoms with Crippen molar-refractivity contribution in [2.24, 2.45) is 0 Å². The van der Waals surface area contributed by atoms with Crippen LogP contribution >= 0.6 is 0 Å². The van der Waals surface area contributed by atoms with Gasteiger partial charge in [-0.05, 0) is 12.8 Å². The average molecular weight is 215 g/mol. The van der Waals surface area contributed by atoms with Crippen LogP contribution in [0.25, 0.3) is 0 Å². The SMILES string of the molecule is COC(=O)CN(C(=O)OC)C1CCCC1. The molecule has 1 rings (SSSR count). The van der Waals surface area contributed by atoms with Gasteiger partial charge in [0.05, 0.1) is 14.2 Å². The van der Waals surface area contributed by atoms with Gasteiger partial charge in [0.2, 0.25) is 0 Å². The van der Waals surface area contributed by atoms with E-state index in [1.807, 2.05) is 0 Å². The Bertz CT molecular complexity index is 236. The molecule has 0 aliphatic heterocycles. The molecule has 1 saturated carbocycles. The van der Waals surface area contributed by atoms with E-state index in [1.165, 1.54) is 19.1 Å². The molecule has 0 saturated heterocycles. The predicted molar refractivity (Wildman–Crippen MR) is 53.4 cm³/mol. The summed E-state index contributed by atoms with van der Waals surface area (Å²) in [6.07, 6.45) is 3.61. The highest BCUT2D eigenvalue weighted by molar-refractivity contribution is 5.78. The molecule has 1 aliphatic rings. The summed E-state index contributed by atoms with van der Waals surface area (Å²) in [6.45, 7) is -0.0200. The molecule has 1 fully saturated rings. The molecule has 0 spiro atoms. The van der Waals surface area contributed by atoms with Gasteiger partial charge in [-0.25, -0.2) is 4.79 Å². The van der Waals surface area contributed by atoms with Crippen LogP contribution in [0.5, 0.6) is 0 Å². The number of carbonyl (C=O) groups is 2. The van der Waals surface area contributed by atoms with Crippen LogP contribution in [-0.4, -0.2) is 43.8 Å². The number of nitrogens with zero attached hydrogens (tertiary/aromatic N) is 1. The maximum atomic E-state index is 11.4. The van der Waals surface area contributed by atoms with E-state index in [-0.39, 0.29) is 12.6 Å². The van der Waals surface area contributed by atoms with Crippen LogP contribution in [0.4, 0.5) is 4.79 Å². The van der Waals surface area contributed by atoms with E-state index >= 15 is 0 Å². The van der Waals surface area contributed by atoms with Gasteiger partial charge in [0, 0.05) is 6.04 Å². The first-order chi connectivity index (χ1) is 7.19. The molecule has 86 valence electrons. The fourth-order valence-corrected chi connectivity index (χ4v) is 1.88. The summed E-state index contributed by atoms with van der Waals surface area (Å²) in [7, 11) is 2.63. The normalized spacial score (nSPS) is 16.1. The fraction of sp³-hybridized carbons (Fsp3) is 0.800. The first kappa shape index (κ1) is 11.8. The first-order valence-electron chi connectivity index (χ1n) is 5.10. The molecule has 1 amide bonds. The number of carbonyl (C=O) groups excluding carboxylic acids is 2. The first-order valence-corrected chi connectivity index (χ1v) is 5.10. The minimum Gasteiger partial charge on any atom is -0.468 e. The Morgan fingerprint density at radius 2 is 1.80 bits per heavy atom. The second-order valence-electron chi connectivity index (χ2n) is 3.61. The summed E-state index contributed by atoms with van der Waals surface area (Å²) in [5.41, 5.74) is 0. The van der Waals surface area contributed by atoms with Crippen molar-refractivity contribution in [3.63, 3.8) is 0 Å². The van der Waals surface area contributed by atoms with Crippen molar-refractivity contribution in [3.05, 3.63) is 0 Å². The minimum atomic E-state index is -0.452. The Morgan fingerprint density at radius 1 is 1.20 bits per heavy atom. The van der Waals surface area contributed by atoms with E-state index in [0.717, 1.165) is 25.7 Å². The Morgan fingerprint density at radius 3 is 2.27 bits per heavy atom. The number of rotatable bonds is 3. The molecule has 5 heteroatoms. The predicted octanol–water partition coefficient (Wildman–Crippen LogP) is 1.17. The number of ether oxygens (including phenoxy) is 2. The molecule has 1 aliphatic carbocycles. The monoisotopic (exact) mass is 215 g/mol. The number of esters is 1. The maximum absolute atomic E-state index is 11.4. The van der Waals surface area contributed by atoms with Gasteiger partial charge in [-0.2, -0.15) is 0 Å². The van der Waals surface area contributed by atoms with Crippen LogP contribution in [0.2, 0.25) is 0 Å². The number of hydrogen-bond donors (Lipinski definition) is 0. The van der Waals surface area contributed by atoms with Gasteiger partial charge in [-0.1, -0.05) is 12.8 Å². The van der Waals surface area contributed by atoms with E-state index in [4.69, 9.17) is 0 Å². The third kappa shape index (κ3) is 3.11. The van der Waals surface area contributed by atoms with Crippen molar-refractivity contribution in [2.45, 2.75) is 31.7 Å². The molecule has 0 atom stereocenters. The second kappa shape index (κ2) is 5.58. The van der Waals surface area contributed by atoms with Crippen molar-refractivity contribution in [2.75, 3.05) is 20.8 Å². The van der Waals surface area contributed by atoms with Gasteiger partial charge in [0.1, 0.15) is 6.54 Å². The summed E-state index contributed by atoms with van der Waals surface area (Å²) in [4.78, 5) is 24.0. The van der Waals surface area contributed by atoms with E-state index in [0.29, 0.717) is 0 Å². The Hall–Kier alpha value is -1.26. The summed E-state index contributed by atoms with van der Waals surface area (Å²) in [5, 5.41) is 0. The Labute approximate surface area is 89.3 Å². The lowest BCUT2D eigenvalue weighted by atomic mass is 10.2. The minimum absolute atomic E-state index is 0.0200. The summed E-state index contributed by atoms with van der Waals surface area (Å²) in [5.74, 6) is -0.410. The lowest BCUT2D eigenvalue weighted by molar-refractivity contribution is -0.142. The second-order valence-corrected chi connectivity index (χ2v) is 3.61. The highest BCUT2D eigenvalue weighted by atomic mass is 16.5. The van der Waals surface area contributed by atoms with Crippen LogP contribution in [-0.2, 0) is 14.3 Å². The van der Waals surface area contributed by atoms with E-state index < -0.39 is 12.1 Å². The summed E-state index contributed by atoms with van der Waals surface area (Å²) >= 11 is 0. The molecular weight excluding hydrogens is 198 g/mol. The van der Waals surface area contributed by atoms with E-state index in [9.17, 15) is 9.59 Å². The van der Waals surface area contributed by atoms with E-state index in [2.05, 4.69) is 9.47 Å². The highest BCUT2D eigenvalue weighted by Crippen LogP contribution is 2.23. The number of hydrogen-bond acceptors (Lipinski definition) is 4. The zero-order valence-corrected chi connectivity index (χ0v) is 9.19. The molecule has 0 unspecified atom stereocenters. The molecule has 0 N–H and O–H groups in total. The molecule has 0 radical (unpaired) electrons. The van der Waals surface area contributed by atoms with Crippen molar-refractivity contribution in [1.82, 2.24) is 4.90 Å². The largest absolute Gasteiger partial charge is 0.468 e. The van der Waals surface area contributed by atoms with Gasteiger partial charge >= 0.3 is 12.1 Å². The van der Waals surface area contributed by atoms with Crippen molar-refractivity contribution >= 4 is 12.1 Å². The third-order valence-corrected chi connectivity index (χ3v) is 2.70. The standard InChI is InChI=1S/C10H17NO4/c1-14-9(12)7-11(10(13)15-2)8-5-3-4-6-8/h8H,3-7H2,1-2H3. The van der Waals surface area contributed by atoms with Crippen molar-refractivity contribution in [1.29, 1.82) is 0 Å². The van der Waals surface area contributed by atoms with Crippen LogP contribution in [0.1, 0.15) is 25.7 Å². The Kier molecular flexibility index (Phi) is 4.39. The topological polar surface area (TPSA) is 55.8 Å². The van der Waals surface area contributed by atoms with Gasteiger partial charge in [-0.15, -0.1) is 0 Å². The van der Waals surface area contributed by atoms with Gasteiger partial charge < -0.3 is 9.47 Å². The third-order valence-electron chi connectivity index (χ3n) is 2.70. The average Bonchev–Trinajstić information content (AvgIpc) is 2.77.